The molecule has 0 amide bonds. The molecule has 8 aromatic carbocycles. The predicted molar refractivity (Wildman–Crippen MR) is 235 cm³/mol. The largest absolute Gasteiger partial charge is 0.228 e. The Morgan fingerprint density at radius 3 is 1.66 bits per heavy atom. The summed E-state index contributed by atoms with van der Waals surface area (Å²) in [6.07, 6.45) is 0. The summed E-state index contributed by atoms with van der Waals surface area (Å²) in [4.78, 5) is 12.7. The summed E-state index contributed by atoms with van der Waals surface area (Å²) in [5.41, 5.74) is 17.0. The van der Waals surface area contributed by atoms with Crippen molar-refractivity contribution in [1.82, 2.24) is 9.97 Å². The summed E-state index contributed by atoms with van der Waals surface area (Å²) in [5, 5.41) is 9.64. The molecule has 0 saturated carbocycles. The van der Waals surface area contributed by atoms with Crippen molar-refractivity contribution < 1.29 is 0 Å². The van der Waals surface area contributed by atoms with Crippen LogP contribution < -0.4 is 0 Å². The summed E-state index contributed by atoms with van der Waals surface area (Å²) < 4.78 is 0. The Kier molecular flexibility index (Phi) is 8.03. The third-order valence-corrected chi connectivity index (χ3v) is 12.8. The van der Waals surface area contributed by atoms with E-state index in [1.165, 1.54) is 43.2 Å². The number of fused-ring (bicyclic) bond motifs is 9. The van der Waals surface area contributed by atoms with Crippen LogP contribution in [0.3, 0.4) is 0 Å². The molecule has 270 valence electrons. The number of nitrogens with zero attached hydrogens (tertiary/aromatic N) is 3. The Bertz CT molecular complexity index is 2990. The van der Waals surface area contributed by atoms with Crippen molar-refractivity contribution in [2.24, 2.45) is 0 Å². The highest BCUT2D eigenvalue weighted by Crippen LogP contribution is 2.63. The molecule has 4 heteroatoms. The first-order valence-corrected chi connectivity index (χ1v) is 20.3. The van der Waals surface area contributed by atoms with E-state index in [-0.39, 0.29) is 0 Å². The van der Waals surface area contributed by atoms with E-state index in [0.29, 0.717) is 11.4 Å². The van der Waals surface area contributed by atoms with Crippen molar-refractivity contribution in [1.29, 1.82) is 5.26 Å². The van der Waals surface area contributed by atoms with Gasteiger partial charge in [0.25, 0.3) is 0 Å². The lowest BCUT2D eigenvalue weighted by Crippen LogP contribution is -2.31. The van der Waals surface area contributed by atoms with E-state index in [0.717, 1.165) is 50.3 Å². The minimum atomic E-state index is -0.505. The second-order valence-electron chi connectivity index (χ2n) is 14.8. The van der Waals surface area contributed by atoms with Crippen molar-refractivity contribution in [3.63, 3.8) is 0 Å². The third-order valence-electron chi connectivity index (χ3n) is 11.6. The van der Waals surface area contributed by atoms with Gasteiger partial charge in [0.05, 0.1) is 28.4 Å². The zero-order valence-corrected chi connectivity index (χ0v) is 32.1. The van der Waals surface area contributed by atoms with Gasteiger partial charge in [-0.3, -0.25) is 0 Å². The molecule has 0 saturated heterocycles. The molecule has 2 aliphatic rings. The van der Waals surface area contributed by atoms with Crippen molar-refractivity contribution in [3.05, 3.63) is 228 Å². The number of hydrogen-bond donors (Lipinski definition) is 0. The lowest BCUT2D eigenvalue weighted by atomic mass is 9.67. The molecule has 0 unspecified atom stereocenters. The van der Waals surface area contributed by atoms with Crippen molar-refractivity contribution >= 4 is 11.8 Å². The third kappa shape index (κ3) is 5.36. The molecule has 9 aromatic rings. The van der Waals surface area contributed by atoms with Gasteiger partial charge in [-0.1, -0.05) is 169 Å². The highest BCUT2D eigenvalue weighted by Gasteiger charge is 2.50. The molecule has 0 fully saturated rings. The number of rotatable bonds is 5. The summed E-state index contributed by atoms with van der Waals surface area (Å²) in [5.74, 6) is 0.698. The van der Waals surface area contributed by atoms with E-state index in [1.807, 2.05) is 60.3 Å². The van der Waals surface area contributed by atoms with E-state index in [4.69, 9.17) is 9.97 Å². The molecule has 0 N–H and O–H groups in total. The maximum Gasteiger partial charge on any atom is 0.160 e. The summed E-state index contributed by atoms with van der Waals surface area (Å²) in [6, 6.07) is 73.3. The molecule has 0 atom stereocenters. The monoisotopic (exact) mass is 755 g/mol. The molecular formula is C54H33N3S. The second kappa shape index (κ2) is 13.7. The molecule has 1 spiro atoms. The average Bonchev–Trinajstić information content (AvgIpc) is 3.59. The Morgan fingerprint density at radius 1 is 0.397 bits per heavy atom. The molecule has 11 rings (SSSR count). The van der Waals surface area contributed by atoms with E-state index in [2.05, 4.69) is 158 Å². The van der Waals surface area contributed by atoms with Gasteiger partial charge in [-0.15, -0.1) is 0 Å². The van der Waals surface area contributed by atoms with Crippen LogP contribution >= 0.6 is 11.8 Å². The van der Waals surface area contributed by atoms with Gasteiger partial charge in [0.15, 0.2) is 5.82 Å². The van der Waals surface area contributed by atoms with Crippen LogP contribution in [-0.2, 0) is 5.41 Å². The molecular weight excluding hydrogens is 723 g/mol. The fourth-order valence-electron chi connectivity index (χ4n) is 9.02. The van der Waals surface area contributed by atoms with Crippen LogP contribution in [0.25, 0.3) is 67.3 Å². The van der Waals surface area contributed by atoms with Gasteiger partial charge in [-0.25, -0.2) is 9.97 Å². The van der Waals surface area contributed by atoms with Crippen molar-refractivity contribution in [2.75, 3.05) is 0 Å². The minimum absolute atomic E-state index is 0.505. The molecule has 1 aliphatic heterocycles. The Morgan fingerprint density at radius 2 is 0.948 bits per heavy atom. The highest BCUT2D eigenvalue weighted by molar-refractivity contribution is 7.99. The predicted octanol–water partition coefficient (Wildman–Crippen LogP) is 13.5. The lowest BCUT2D eigenvalue weighted by Gasteiger charge is -2.39. The number of nitriles is 1. The molecule has 0 radical (unpaired) electrons. The molecule has 3 nitrogen and oxygen atoms in total. The zero-order chi connectivity index (χ0) is 38.6. The topological polar surface area (TPSA) is 49.6 Å². The first-order valence-electron chi connectivity index (χ1n) is 19.5. The minimum Gasteiger partial charge on any atom is -0.228 e. The van der Waals surface area contributed by atoms with Gasteiger partial charge >= 0.3 is 0 Å². The molecule has 1 aromatic heterocycles. The van der Waals surface area contributed by atoms with Gasteiger partial charge in [0.1, 0.15) is 0 Å². The first-order chi connectivity index (χ1) is 28.7. The maximum absolute atomic E-state index is 9.64. The van der Waals surface area contributed by atoms with Crippen molar-refractivity contribution in [2.45, 2.75) is 15.2 Å². The van der Waals surface area contributed by atoms with Gasteiger partial charge in [-0.2, -0.15) is 5.26 Å². The normalized spacial score (nSPS) is 12.9. The van der Waals surface area contributed by atoms with Crippen LogP contribution in [-0.4, -0.2) is 9.97 Å². The van der Waals surface area contributed by atoms with Crippen LogP contribution in [0.4, 0.5) is 0 Å². The maximum atomic E-state index is 9.64. The Balaban J connectivity index is 1.12. The molecule has 2 heterocycles. The quantitative estimate of drug-likeness (QED) is 0.175. The van der Waals surface area contributed by atoms with Gasteiger partial charge in [-0.05, 0) is 98.1 Å². The zero-order valence-electron chi connectivity index (χ0n) is 31.3. The number of hydrogen-bond acceptors (Lipinski definition) is 4. The smallest absolute Gasteiger partial charge is 0.160 e. The fraction of sp³-hybridized carbons (Fsp3) is 0.0185. The average molecular weight is 756 g/mol. The first kappa shape index (κ1) is 34.0. The van der Waals surface area contributed by atoms with E-state index >= 15 is 0 Å². The van der Waals surface area contributed by atoms with Crippen LogP contribution in [0.1, 0.15) is 27.8 Å². The lowest BCUT2D eigenvalue weighted by molar-refractivity contribution is 0.722. The summed E-state index contributed by atoms with van der Waals surface area (Å²) in [6.45, 7) is 0. The second-order valence-corrected chi connectivity index (χ2v) is 15.9. The van der Waals surface area contributed by atoms with Gasteiger partial charge in [0.2, 0.25) is 0 Å². The van der Waals surface area contributed by atoms with Crippen LogP contribution in [0.2, 0.25) is 0 Å². The number of aromatic nitrogens is 2. The SMILES string of the molecule is N#Cc1ccc(-c2cccc3c2-c2cc(-c4cccc(-c5cc(-c6ccccc6)nc(-c6ccccc6)n5)c4)ccc2C32c3ccccc3Sc3ccccc32)cc1. The molecule has 1 aliphatic carbocycles. The van der Waals surface area contributed by atoms with Crippen LogP contribution in [0.5, 0.6) is 0 Å². The molecule has 58 heavy (non-hydrogen) atoms. The van der Waals surface area contributed by atoms with E-state index in [9.17, 15) is 5.26 Å². The van der Waals surface area contributed by atoms with Crippen LogP contribution in [0, 0.1) is 11.3 Å². The fourth-order valence-corrected chi connectivity index (χ4v) is 10.2. The van der Waals surface area contributed by atoms with Crippen LogP contribution in [0.15, 0.2) is 210 Å². The van der Waals surface area contributed by atoms with Crippen molar-refractivity contribution in [3.8, 4) is 73.4 Å². The Hall–Kier alpha value is -7.32. The number of benzene rings is 8. The van der Waals surface area contributed by atoms with E-state index < -0.39 is 5.41 Å². The summed E-state index contributed by atoms with van der Waals surface area (Å²) >= 11 is 1.85. The van der Waals surface area contributed by atoms with E-state index in [1.54, 1.807) is 0 Å². The van der Waals surface area contributed by atoms with Gasteiger partial charge in [0, 0.05) is 26.5 Å². The summed E-state index contributed by atoms with van der Waals surface area (Å²) in [7, 11) is 0. The van der Waals surface area contributed by atoms with Gasteiger partial charge < -0.3 is 0 Å². The Labute approximate surface area is 342 Å². The highest BCUT2D eigenvalue weighted by atomic mass is 32.2. The molecule has 0 bridgehead atoms. The standard InChI is InChI=1S/C54H33N3S/c55-34-35-25-27-36(28-26-35)42-19-12-22-47-52(42)43-32-40(29-30-44(43)54(47)45-20-7-9-23-50(45)58-51-24-10-8-21-46(51)54)39-17-11-18-41(31-39)49-33-48(37-13-3-1-4-14-37)56-53(57-49)38-15-5-2-6-16-38/h1-33H.